The number of hydrogen-bond acceptors (Lipinski definition) is 7. The van der Waals surface area contributed by atoms with Crippen molar-refractivity contribution < 1.29 is 28.6 Å². The summed E-state index contributed by atoms with van der Waals surface area (Å²) in [4.78, 5) is 36.3. The summed E-state index contributed by atoms with van der Waals surface area (Å²) in [7, 11) is 2.99. The molecule has 0 unspecified atom stereocenters. The van der Waals surface area contributed by atoms with E-state index in [4.69, 9.17) is 14.2 Å². The number of amides is 2. The van der Waals surface area contributed by atoms with Gasteiger partial charge in [-0.25, -0.2) is 10.2 Å². The number of anilines is 1. The van der Waals surface area contributed by atoms with Gasteiger partial charge in [0.15, 0.2) is 11.5 Å². The molecule has 3 aromatic rings. The van der Waals surface area contributed by atoms with Gasteiger partial charge in [0.1, 0.15) is 5.75 Å². The number of hydrogen-bond donors (Lipinski definition) is 2. The maximum absolute atomic E-state index is 12.4. The normalized spacial score (nSPS) is 10.5. The average Bonchev–Trinajstić information content (AvgIpc) is 2.89. The van der Waals surface area contributed by atoms with E-state index in [0.29, 0.717) is 34.1 Å². The topological polar surface area (TPSA) is 115 Å². The van der Waals surface area contributed by atoms with E-state index >= 15 is 0 Å². The van der Waals surface area contributed by atoms with Gasteiger partial charge in [-0.05, 0) is 72.1 Å². The molecule has 2 N–H and O–H groups in total. The summed E-state index contributed by atoms with van der Waals surface area (Å²) in [5, 5.41) is 6.29. The number of carbonyl (C=O) groups is 3. The summed E-state index contributed by atoms with van der Waals surface area (Å²) >= 11 is 0. The van der Waals surface area contributed by atoms with Gasteiger partial charge in [0.2, 0.25) is 0 Å². The van der Waals surface area contributed by atoms with Crippen LogP contribution in [0.1, 0.15) is 28.4 Å². The Labute approximate surface area is 202 Å². The molecule has 0 aliphatic rings. The second kappa shape index (κ2) is 12.0. The van der Waals surface area contributed by atoms with Gasteiger partial charge in [-0.2, -0.15) is 5.10 Å². The zero-order valence-electron chi connectivity index (χ0n) is 19.5. The smallest absolute Gasteiger partial charge is 0.343 e. The molecule has 35 heavy (non-hydrogen) atoms. The molecule has 0 fully saturated rings. The fourth-order valence-corrected chi connectivity index (χ4v) is 2.98. The SMILES string of the molecule is CCc1ccc(NC(=O)C(=O)NN=Cc2ccc(OC(=O)c3ccc(OC)c(OC)c3)cc2)cc1. The number of hydrazone groups is 1. The summed E-state index contributed by atoms with van der Waals surface area (Å²) in [6.45, 7) is 2.03. The molecule has 2 amide bonds. The highest BCUT2D eigenvalue weighted by Crippen LogP contribution is 2.28. The van der Waals surface area contributed by atoms with Crippen LogP contribution in [0.2, 0.25) is 0 Å². The number of ether oxygens (including phenoxy) is 3. The average molecular weight is 476 g/mol. The van der Waals surface area contributed by atoms with Crippen LogP contribution in [0, 0.1) is 0 Å². The predicted octanol–water partition coefficient (Wildman–Crippen LogP) is 3.57. The zero-order valence-corrected chi connectivity index (χ0v) is 19.5. The predicted molar refractivity (Wildman–Crippen MR) is 131 cm³/mol. The van der Waals surface area contributed by atoms with Crippen LogP contribution in [0.25, 0.3) is 0 Å². The zero-order chi connectivity index (χ0) is 25.2. The van der Waals surface area contributed by atoms with Crippen molar-refractivity contribution in [2.45, 2.75) is 13.3 Å². The molecule has 0 aliphatic heterocycles. The second-order valence-corrected chi connectivity index (χ2v) is 7.23. The van der Waals surface area contributed by atoms with Crippen molar-refractivity contribution >= 4 is 29.7 Å². The number of carbonyl (C=O) groups excluding carboxylic acids is 3. The highest BCUT2D eigenvalue weighted by atomic mass is 16.5. The lowest BCUT2D eigenvalue weighted by Crippen LogP contribution is -2.32. The number of benzene rings is 3. The fourth-order valence-electron chi connectivity index (χ4n) is 2.98. The van der Waals surface area contributed by atoms with Gasteiger partial charge < -0.3 is 19.5 Å². The molecule has 0 heterocycles. The second-order valence-electron chi connectivity index (χ2n) is 7.23. The van der Waals surface area contributed by atoms with Gasteiger partial charge >= 0.3 is 17.8 Å². The van der Waals surface area contributed by atoms with Crippen molar-refractivity contribution in [3.8, 4) is 17.2 Å². The first-order chi connectivity index (χ1) is 16.9. The molecule has 9 nitrogen and oxygen atoms in total. The molecule has 0 aliphatic carbocycles. The number of esters is 1. The Morgan fingerprint density at radius 2 is 1.54 bits per heavy atom. The minimum Gasteiger partial charge on any atom is -0.493 e. The molecule has 0 bridgehead atoms. The Hall–Kier alpha value is -4.66. The molecule has 0 atom stereocenters. The summed E-state index contributed by atoms with van der Waals surface area (Å²) in [6, 6.07) is 18.4. The van der Waals surface area contributed by atoms with Crippen LogP contribution in [0.15, 0.2) is 71.8 Å². The number of nitrogens with zero attached hydrogens (tertiary/aromatic N) is 1. The Bertz CT molecular complexity index is 1220. The molecule has 0 aromatic heterocycles. The highest BCUT2D eigenvalue weighted by molar-refractivity contribution is 6.39. The molecule has 0 saturated heterocycles. The van der Waals surface area contributed by atoms with Crippen LogP contribution < -0.4 is 25.0 Å². The number of aryl methyl sites for hydroxylation is 1. The van der Waals surface area contributed by atoms with E-state index in [-0.39, 0.29) is 0 Å². The summed E-state index contributed by atoms with van der Waals surface area (Å²) in [6.07, 6.45) is 2.24. The first-order valence-corrected chi connectivity index (χ1v) is 10.7. The van der Waals surface area contributed by atoms with Crippen LogP contribution in [0.5, 0.6) is 17.2 Å². The highest BCUT2D eigenvalue weighted by Gasteiger charge is 2.14. The molecule has 9 heteroatoms. The van der Waals surface area contributed by atoms with Gasteiger partial charge in [-0.3, -0.25) is 9.59 Å². The van der Waals surface area contributed by atoms with Crippen molar-refractivity contribution in [2.24, 2.45) is 5.10 Å². The lowest BCUT2D eigenvalue weighted by molar-refractivity contribution is -0.136. The lowest BCUT2D eigenvalue weighted by atomic mass is 10.1. The first kappa shape index (κ1) is 25.0. The largest absolute Gasteiger partial charge is 0.493 e. The third-order valence-corrected chi connectivity index (χ3v) is 4.92. The van der Waals surface area contributed by atoms with E-state index in [1.807, 2.05) is 19.1 Å². The van der Waals surface area contributed by atoms with Crippen molar-refractivity contribution in [1.29, 1.82) is 0 Å². The van der Waals surface area contributed by atoms with Gasteiger partial charge in [0.05, 0.1) is 26.0 Å². The summed E-state index contributed by atoms with van der Waals surface area (Å²) in [5.74, 6) is -1.05. The molecule has 180 valence electrons. The number of rotatable bonds is 8. The summed E-state index contributed by atoms with van der Waals surface area (Å²) in [5.41, 5.74) is 4.73. The van der Waals surface area contributed by atoms with Crippen LogP contribution in [-0.2, 0) is 16.0 Å². The number of methoxy groups -OCH3 is 2. The van der Waals surface area contributed by atoms with Gasteiger partial charge in [-0.15, -0.1) is 0 Å². The lowest BCUT2D eigenvalue weighted by Gasteiger charge is -2.09. The molecule has 0 spiro atoms. The minimum atomic E-state index is -0.902. The molecule has 0 saturated carbocycles. The van der Waals surface area contributed by atoms with Crippen molar-refractivity contribution in [3.05, 3.63) is 83.4 Å². The molecular weight excluding hydrogens is 450 g/mol. The Morgan fingerprint density at radius 1 is 0.857 bits per heavy atom. The van der Waals surface area contributed by atoms with Crippen molar-refractivity contribution in [2.75, 3.05) is 19.5 Å². The van der Waals surface area contributed by atoms with Crippen molar-refractivity contribution in [3.63, 3.8) is 0 Å². The summed E-state index contributed by atoms with van der Waals surface area (Å²) < 4.78 is 15.7. The Balaban J connectivity index is 1.52. The molecule has 0 radical (unpaired) electrons. The van der Waals surface area contributed by atoms with Gasteiger partial charge in [0, 0.05) is 5.69 Å². The van der Waals surface area contributed by atoms with Crippen LogP contribution in [0.4, 0.5) is 5.69 Å². The van der Waals surface area contributed by atoms with E-state index in [1.165, 1.54) is 26.5 Å². The molecule has 3 aromatic carbocycles. The third kappa shape index (κ3) is 6.91. The fraction of sp³-hybridized carbons (Fsp3) is 0.154. The Kier molecular flexibility index (Phi) is 8.55. The van der Waals surface area contributed by atoms with E-state index < -0.39 is 17.8 Å². The van der Waals surface area contributed by atoms with E-state index in [0.717, 1.165) is 12.0 Å². The van der Waals surface area contributed by atoms with E-state index in [1.54, 1.807) is 48.5 Å². The quantitative estimate of drug-likeness (QED) is 0.169. The standard InChI is InChI=1S/C26H25N3O6/c1-4-17-5-10-20(11-6-17)28-24(30)25(31)29-27-16-18-7-12-21(13-8-18)35-26(32)19-9-14-22(33-2)23(15-19)34-3/h5-16H,4H2,1-3H3,(H,28,30)(H,29,31). The number of nitrogens with one attached hydrogen (secondary N) is 2. The van der Waals surface area contributed by atoms with E-state index in [9.17, 15) is 14.4 Å². The minimum absolute atomic E-state index is 0.301. The van der Waals surface area contributed by atoms with Crippen LogP contribution in [-0.4, -0.2) is 38.2 Å². The maximum Gasteiger partial charge on any atom is 0.343 e. The maximum atomic E-state index is 12.4. The Morgan fingerprint density at radius 3 is 2.17 bits per heavy atom. The molecule has 3 rings (SSSR count). The van der Waals surface area contributed by atoms with Crippen LogP contribution in [0.3, 0.4) is 0 Å². The third-order valence-electron chi connectivity index (χ3n) is 4.92. The van der Waals surface area contributed by atoms with Crippen LogP contribution >= 0.6 is 0 Å². The monoisotopic (exact) mass is 475 g/mol. The molecular formula is C26H25N3O6. The van der Waals surface area contributed by atoms with E-state index in [2.05, 4.69) is 15.8 Å². The first-order valence-electron chi connectivity index (χ1n) is 10.7. The van der Waals surface area contributed by atoms with Crippen molar-refractivity contribution in [1.82, 2.24) is 5.43 Å². The van der Waals surface area contributed by atoms with Gasteiger partial charge in [0.25, 0.3) is 0 Å². The van der Waals surface area contributed by atoms with Gasteiger partial charge in [-0.1, -0.05) is 19.1 Å².